The van der Waals surface area contributed by atoms with Crippen molar-refractivity contribution in [3.05, 3.63) is 0 Å². The second-order valence-corrected chi connectivity index (χ2v) is 5.53. The summed E-state index contributed by atoms with van der Waals surface area (Å²) >= 11 is 0. The van der Waals surface area contributed by atoms with E-state index in [1.165, 1.54) is 25.7 Å². The number of nitrogens with two attached hydrogens (primary N) is 1. The van der Waals surface area contributed by atoms with Crippen molar-refractivity contribution in [1.82, 2.24) is 0 Å². The lowest BCUT2D eigenvalue weighted by Crippen LogP contribution is -2.38. The molecule has 1 aliphatic rings. The average molecular weight is 243 g/mol. The van der Waals surface area contributed by atoms with Gasteiger partial charge in [0, 0.05) is 12.6 Å². The van der Waals surface area contributed by atoms with Crippen molar-refractivity contribution in [2.24, 2.45) is 11.7 Å². The van der Waals surface area contributed by atoms with Crippen LogP contribution in [0.4, 0.5) is 0 Å². The molecule has 0 aromatic rings. The Bertz CT molecular complexity index is 185. The summed E-state index contributed by atoms with van der Waals surface area (Å²) in [5.41, 5.74) is 6.15. The minimum Gasteiger partial charge on any atom is -0.379 e. The van der Waals surface area contributed by atoms with Gasteiger partial charge in [-0.25, -0.2) is 0 Å². The maximum Gasteiger partial charge on any atom is 0.0727 e. The van der Waals surface area contributed by atoms with Crippen LogP contribution >= 0.6 is 0 Å². The molecule has 1 fully saturated rings. The molecule has 17 heavy (non-hydrogen) atoms. The molecule has 2 unspecified atom stereocenters. The summed E-state index contributed by atoms with van der Waals surface area (Å²) in [6.45, 7) is 6.52. The van der Waals surface area contributed by atoms with E-state index in [0.717, 1.165) is 19.4 Å². The molecule has 2 N–H and O–H groups in total. The smallest absolute Gasteiger partial charge is 0.0727 e. The molecule has 0 aromatic heterocycles. The minimum atomic E-state index is 0.223. The first-order valence-electron chi connectivity index (χ1n) is 7.15. The van der Waals surface area contributed by atoms with E-state index in [9.17, 15) is 0 Å². The van der Waals surface area contributed by atoms with E-state index in [0.29, 0.717) is 19.1 Å². The predicted octanol–water partition coefficient (Wildman–Crippen LogP) is 2.73. The first-order valence-corrected chi connectivity index (χ1v) is 7.15. The third kappa shape index (κ3) is 7.02. The largest absolute Gasteiger partial charge is 0.379 e. The maximum absolute atomic E-state index is 6.15. The molecule has 0 saturated heterocycles. The summed E-state index contributed by atoms with van der Waals surface area (Å²) in [5.74, 6) is 0.596. The van der Waals surface area contributed by atoms with E-state index in [1.807, 2.05) is 0 Å². The van der Waals surface area contributed by atoms with Crippen LogP contribution in [0.5, 0.6) is 0 Å². The van der Waals surface area contributed by atoms with Gasteiger partial charge in [0.1, 0.15) is 0 Å². The van der Waals surface area contributed by atoms with E-state index in [2.05, 4.69) is 13.8 Å². The standard InChI is InChI=1S/C14H29NO2/c1-12(2)11-16-9-10-17-14-8-6-4-3-5-7-13(14)15/h12-14H,3-11,15H2,1-2H3. The lowest BCUT2D eigenvalue weighted by atomic mass is 9.95. The van der Waals surface area contributed by atoms with Crippen molar-refractivity contribution in [1.29, 1.82) is 0 Å². The molecule has 0 radical (unpaired) electrons. The Labute approximate surface area is 106 Å². The molecular formula is C14H29NO2. The molecule has 0 amide bonds. The van der Waals surface area contributed by atoms with Gasteiger partial charge >= 0.3 is 0 Å². The molecule has 1 saturated carbocycles. The van der Waals surface area contributed by atoms with Crippen LogP contribution in [0.25, 0.3) is 0 Å². The Hall–Kier alpha value is -0.120. The normalized spacial score (nSPS) is 26.8. The number of hydrogen-bond acceptors (Lipinski definition) is 3. The summed E-state index contributed by atoms with van der Waals surface area (Å²) in [5, 5.41) is 0. The van der Waals surface area contributed by atoms with E-state index < -0.39 is 0 Å². The molecule has 1 aliphatic carbocycles. The van der Waals surface area contributed by atoms with Crippen molar-refractivity contribution in [3.8, 4) is 0 Å². The highest BCUT2D eigenvalue weighted by Gasteiger charge is 2.19. The van der Waals surface area contributed by atoms with Crippen LogP contribution in [0.3, 0.4) is 0 Å². The monoisotopic (exact) mass is 243 g/mol. The van der Waals surface area contributed by atoms with Crippen molar-refractivity contribution >= 4 is 0 Å². The first-order chi connectivity index (χ1) is 8.20. The van der Waals surface area contributed by atoms with Gasteiger partial charge in [0.05, 0.1) is 19.3 Å². The third-order valence-electron chi connectivity index (χ3n) is 3.26. The van der Waals surface area contributed by atoms with Gasteiger partial charge in [0.2, 0.25) is 0 Å². The van der Waals surface area contributed by atoms with Gasteiger partial charge in [-0.15, -0.1) is 0 Å². The molecule has 1 rings (SSSR count). The summed E-state index contributed by atoms with van der Waals surface area (Å²) in [4.78, 5) is 0. The fraction of sp³-hybridized carbons (Fsp3) is 1.00. The van der Waals surface area contributed by atoms with Crippen molar-refractivity contribution in [2.45, 2.75) is 64.5 Å². The van der Waals surface area contributed by atoms with Crippen LogP contribution in [0.2, 0.25) is 0 Å². The number of hydrogen-bond donors (Lipinski definition) is 1. The van der Waals surface area contributed by atoms with E-state index in [4.69, 9.17) is 15.2 Å². The van der Waals surface area contributed by atoms with Gasteiger partial charge in [-0.3, -0.25) is 0 Å². The molecular weight excluding hydrogens is 214 g/mol. The predicted molar refractivity (Wildman–Crippen MR) is 71.1 cm³/mol. The van der Waals surface area contributed by atoms with Gasteiger partial charge in [0.25, 0.3) is 0 Å². The molecule has 2 atom stereocenters. The Balaban J connectivity index is 2.10. The summed E-state index contributed by atoms with van der Waals surface area (Å²) in [7, 11) is 0. The zero-order chi connectivity index (χ0) is 12.5. The summed E-state index contributed by atoms with van der Waals surface area (Å²) in [6.07, 6.45) is 7.64. The molecule has 3 nitrogen and oxygen atoms in total. The zero-order valence-electron chi connectivity index (χ0n) is 11.5. The topological polar surface area (TPSA) is 44.5 Å². The van der Waals surface area contributed by atoms with Crippen molar-refractivity contribution < 1.29 is 9.47 Å². The lowest BCUT2D eigenvalue weighted by molar-refractivity contribution is -0.0176. The highest BCUT2D eigenvalue weighted by atomic mass is 16.5. The molecule has 0 aromatic carbocycles. The average Bonchev–Trinajstić information content (AvgIpc) is 2.26. The Morgan fingerprint density at radius 1 is 1.06 bits per heavy atom. The first kappa shape index (κ1) is 14.9. The fourth-order valence-electron chi connectivity index (χ4n) is 2.26. The number of rotatable bonds is 6. The third-order valence-corrected chi connectivity index (χ3v) is 3.26. The quantitative estimate of drug-likeness (QED) is 0.730. The molecule has 3 heteroatoms. The number of ether oxygens (including phenoxy) is 2. The lowest BCUT2D eigenvalue weighted by Gasteiger charge is -2.26. The summed E-state index contributed by atoms with van der Waals surface area (Å²) < 4.78 is 11.4. The SMILES string of the molecule is CC(C)COCCOC1CCCCCCC1N. The van der Waals surface area contributed by atoms with Gasteiger partial charge in [-0.1, -0.05) is 39.5 Å². The Morgan fingerprint density at radius 2 is 1.76 bits per heavy atom. The van der Waals surface area contributed by atoms with E-state index in [-0.39, 0.29) is 12.1 Å². The highest BCUT2D eigenvalue weighted by molar-refractivity contribution is 4.75. The van der Waals surface area contributed by atoms with Crippen LogP contribution in [-0.4, -0.2) is 32.0 Å². The van der Waals surface area contributed by atoms with Gasteiger partial charge < -0.3 is 15.2 Å². The molecule has 0 heterocycles. The highest BCUT2D eigenvalue weighted by Crippen LogP contribution is 2.18. The molecule has 102 valence electrons. The molecule has 0 aliphatic heterocycles. The van der Waals surface area contributed by atoms with Crippen molar-refractivity contribution in [3.63, 3.8) is 0 Å². The van der Waals surface area contributed by atoms with Crippen LogP contribution in [-0.2, 0) is 9.47 Å². The summed E-state index contributed by atoms with van der Waals surface area (Å²) in [6, 6.07) is 0.223. The Morgan fingerprint density at radius 3 is 2.47 bits per heavy atom. The van der Waals surface area contributed by atoms with Crippen LogP contribution in [0.15, 0.2) is 0 Å². The van der Waals surface area contributed by atoms with E-state index >= 15 is 0 Å². The molecule has 0 bridgehead atoms. The van der Waals surface area contributed by atoms with Gasteiger partial charge in [-0.05, 0) is 18.8 Å². The van der Waals surface area contributed by atoms with Crippen molar-refractivity contribution in [2.75, 3.05) is 19.8 Å². The van der Waals surface area contributed by atoms with E-state index in [1.54, 1.807) is 0 Å². The van der Waals surface area contributed by atoms with Crippen LogP contribution < -0.4 is 5.73 Å². The second-order valence-electron chi connectivity index (χ2n) is 5.53. The van der Waals surface area contributed by atoms with Gasteiger partial charge in [0.15, 0.2) is 0 Å². The second kappa shape index (κ2) is 8.90. The minimum absolute atomic E-state index is 0.223. The molecule has 0 spiro atoms. The van der Waals surface area contributed by atoms with Gasteiger partial charge in [-0.2, -0.15) is 0 Å². The zero-order valence-corrected chi connectivity index (χ0v) is 11.5. The fourth-order valence-corrected chi connectivity index (χ4v) is 2.26. The van der Waals surface area contributed by atoms with Crippen LogP contribution in [0.1, 0.15) is 52.4 Å². The maximum atomic E-state index is 6.15. The van der Waals surface area contributed by atoms with Crippen LogP contribution in [0, 0.1) is 5.92 Å². The Kier molecular flexibility index (Phi) is 7.82.